The molecule has 180 valence electrons. The lowest BCUT2D eigenvalue weighted by molar-refractivity contribution is -0.134. The van der Waals surface area contributed by atoms with Gasteiger partial charge in [-0.15, -0.1) is 22.7 Å². The number of rotatable bonds is 9. The van der Waals surface area contributed by atoms with Crippen LogP contribution in [0.25, 0.3) is 0 Å². The van der Waals surface area contributed by atoms with Crippen LogP contribution >= 0.6 is 34.3 Å². The zero-order valence-corrected chi connectivity index (χ0v) is 20.9. The molecule has 3 atom stereocenters. The Morgan fingerprint density at radius 3 is 2.76 bits per heavy atom. The number of aliphatic hydroxyl groups is 2. The molecule has 2 aromatic heterocycles. The zero-order valence-electron chi connectivity index (χ0n) is 18.5. The lowest BCUT2D eigenvalue weighted by atomic mass is 10.1. The average Bonchev–Trinajstić information content (AvgIpc) is 3.58. The molecular formula is C24H27ClN4O3S2. The molecule has 0 radical (unpaired) electrons. The predicted octanol–water partition coefficient (Wildman–Crippen LogP) is 3.72. The van der Waals surface area contributed by atoms with E-state index in [1.54, 1.807) is 11.3 Å². The monoisotopic (exact) mass is 518 g/mol. The predicted molar refractivity (Wildman–Crippen MR) is 137 cm³/mol. The Kier molecular flexibility index (Phi) is 7.90. The largest absolute Gasteiger partial charge is 0.384 e. The molecular weight excluding hydrogens is 492 g/mol. The molecule has 1 aliphatic heterocycles. The first-order valence-corrected chi connectivity index (χ1v) is 13.0. The molecule has 0 bridgehead atoms. The number of nitrogens with two attached hydrogens (primary N) is 1. The molecule has 10 heteroatoms. The summed E-state index contributed by atoms with van der Waals surface area (Å²) in [4.78, 5) is 20.9. The lowest BCUT2D eigenvalue weighted by Gasteiger charge is -2.31. The standard InChI is InChI=1S/C24H27ClN4O3S2/c1-14(29-10-4-7-20(29)19-13-33-24(26)28-19)21(30)22(31)23(32)27-12-17-9-8-16(34-17)11-15-5-2-3-6-18(15)25/h2-3,5-6,8-9,13,20-22,30-31H,1,4,7,10-12H2,(H2,26,28)(H,27,32)/t20-,21?,22-/m1/s1. The van der Waals surface area contributed by atoms with Crippen molar-refractivity contribution in [3.63, 3.8) is 0 Å². The van der Waals surface area contributed by atoms with Crippen LogP contribution in [0, 0.1) is 0 Å². The van der Waals surface area contributed by atoms with E-state index in [1.165, 1.54) is 11.3 Å². The summed E-state index contributed by atoms with van der Waals surface area (Å²) in [5.41, 5.74) is 7.92. The fraction of sp³-hybridized carbons (Fsp3) is 0.333. The van der Waals surface area contributed by atoms with E-state index in [9.17, 15) is 15.0 Å². The number of anilines is 1. The Morgan fingerprint density at radius 1 is 1.26 bits per heavy atom. The van der Waals surface area contributed by atoms with Crippen molar-refractivity contribution in [2.24, 2.45) is 0 Å². The van der Waals surface area contributed by atoms with Gasteiger partial charge in [0.2, 0.25) is 0 Å². The summed E-state index contributed by atoms with van der Waals surface area (Å²) in [6.07, 6.45) is -0.606. The lowest BCUT2D eigenvalue weighted by Crippen LogP contribution is -2.45. The molecule has 3 aromatic rings. The number of carbonyl (C=O) groups is 1. The first kappa shape index (κ1) is 24.7. The number of nitrogen functional groups attached to an aromatic ring is 1. The van der Waals surface area contributed by atoms with E-state index in [2.05, 4.69) is 16.9 Å². The molecule has 3 heterocycles. The van der Waals surface area contributed by atoms with E-state index in [1.807, 2.05) is 46.7 Å². The van der Waals surface area contributed by atoms with Crippen LogP contribution in [0.15, 0.2) is 54.1 Å². The minimum Gasteiger partial charge on any atom is -0.384 e. The molecule has 34 heavy (non-hydrogen) atoms. The number of nitrogens with zero attached hydrogens (tertiary/aromatic N) is 2. The van der Waals surface area contributed by atoms with Crippen molar-refractivity contribution in [1.29, 1.82) is 0 Å². The molecule has 0 aliphatic carbocycles. The maximum absolute atomic E-state index is 12.6. The van der Waals surface area contributed by atoms with Gasteiger partial charge in [-0.25, -0.2) is 4.98 Å². The second-order valence-corrected chi connectivity index (χ2v) is 10.7. The average molecular weight is 519 g/mol. The Labute approximate surface area is 211 Å². The number of aliphatic hydroxyl groups excluding tert-OH is 2. The van der Waals surface area contributed by atoms with Gasteiger partial charge >= 0.3 is 0 Å². The van der Waals surface area contributed by atoms with E-state index in [-0.39, 0.29) is 12.6 Å². The smallest absolute Gasteiger partial charge is 0.252 e. The van der Waals surface area contributed by atoms with Crippen LogP contribution in [0.4, 0.5) is 5.13 Å². The molecule has 1 aromatic carbocycles. The van der Waals surface area contributed by atoms with E-state index in [0.29, 0.717) is 23.8 Å². The number of amides is 1. The summed E-state index contributed by atoms with van der Waals surface area (Å²) in [6.45, 7) is 4.88. The molecule has 1 amide bonds. The summed E-state index contributed by atoms with van der Waals surface area (Å²) < 4.78 is 0. The van der Waals surface area contributed by atoms with Gasteiger partial charge in [0.1, 0.15) is 6.10 Å². The van der Waals surface area contributed by atoms with Gasteiger partial charge in [0.25, 0.3) is 5.91 Å². The van der Waals surface area contributed by atoms with Gasteiger partial charge in [0, 0.05) is 38.8 Å². The SMILES string of the molecule is C=C(C(O)[C@@H](O)C(=O)NCc1ccc(Cc2ccccc2Cl)s1)N1CCC[C@@H]1c1csc(N)n1. The molecule has 1 fully saturated rings. The maximum Gasteiger partial charge on any atom is 0.252 e. The summed E-state index contributed by atoms with van der Waals surface area (Å²) in [7, 11) is 0. The van der Waals surface area contributed by atoms with Crippen molar-refractivity contribution < 1.29 is 15.0 Å². The molecule has 0 spiro atoms. The van der Waals surface area contributed by atoms with Gasteiger partial charge in [-0.05, 0) is 36.6 Å². The van der Waals surface area contributed by atoms with Gasteiger partial charge in [0.15, 0.2) is 11.2 Å². The number of likely N-dealkylation sites (tertiary alicyclic amines) is 1. The second kappa shape index (κ2) is 10.9. The normalized spacial score (nSPS) is 17.5. The third-order valence-corrected chi connectivity index (χ3v) is 8.03. The molecule has 4 rings (SSSR count). The topological polar surface area (TPSA) is 112 Å². The van der Waals surface area contributed by atoms with Gasteiger partial charge < -0.3 is 26.2 Å². The number of thiophene rings is 1. The highest BCUT2D eigenvalue weighted by molar-refractivity contribution is 7.13. The number of benzene rings is 1. The molecule has 1 aliphatic rings. The molecule has 1 saturated heterocycles. The Morgan fingerprint density at radius 2 is 2.03 bits per heavy atom. The van der Waals surface area contributed by atoms with E-state index in [4.69, 9.17) is 17.3 Å². The van der Waals surface area contributed by atoms with Crippen molar-refractivity contribution in [3.05, 3.63) is 80.1 Å². The maximum atomic E-state index is 12.6. The van der Waals surface area contributed by atoms with Crippen LogP contribution in [0.3, 0.4) is 0 Å². The van der Waals surface area contributed by atoms with Gasteiger partial charge in [-0.1, -0.05) is 36.4 Å². The van der Waals surface area contributed by atoms with Crippen LogP contribution < -0.4 is 11.1 Å². The fourth-order valence-corrected chi connectivity index (χ4v) is 5.88. The number of hydrogen-bond donors (Lipinski definition) is 4. The van der Waals surface area contributed by atoms with Crippen molar-refractivity contribution in [1.82, 2.24) is 15.2 Å². The highest BCUT2D eigenvalue weighted by Gasteiger charge is 2.35. The van der Waals surface area contributed by atoms with Crippen LogP contribution in [-0.4, -0.2) is 44.8 Å². The molecule has 0 saturated carbocycles. The first-order valence-electron chi connectivity index (χ1n) is 10.9. The molecule has 1 unspecified atom stereocenters. The van der Waals surface area contributed by atoms with Crippen LogP contribution in [-0.2, 0) is 17.8 Å². The number of nitrogens with one attached hydrogen (secondary N) is 1. The van der Waals surface area contributed by atoms with Crippen molar-refractivity contribution >= 4 is 45.3 Å². The van der Waals surface area contributed by atoms with Crippen LogP contribution in [0.1, 0.15) is 39.9 Å². The van der Waals surface area contributed by atoms with Crippen LogP contribution in [0.5, 0.6) is 0 Å². The third-order valence-electron chi connectivity index (χ3n) is 5.89. The number of thiazole rings is 1. The summed E-state index contributed by atoms with van der Waals surface area (Å²) in [6, 6.07) is 11.6. The molecule has 5 N–H and O–H groups in total. The minimum atomic E-state index is -1.63. The zero-order chi connectivity index (χ0) is 24.2. The van der Waals surface area contributed by atoms with Gasteiger partial charge in [-0.2, -0.15) is 0 Å². The highest BCUT2D eigenvalue weighted by Crippen LogP contribution is 2.36. The summed E-state index contributed by atoms with van der Waals surface area (Å²) in [5, 5.41) is 27.0. The van der Waals surface area contributed by atoms with Crippen molar-refractivity contribution in [2.45, 2.75) is 44.1 Å². The quantitative estimate of drug-likeness (QED) is 0.343. The molecule has 7 nitrogen and oxygen atoms in total. The third kappa shape index (κ3) is 5.61. The van der Waals surface area contributed by atoms with Crippen molar-refractivity contribution in [2.75, 3.05) is 12.3 Å². The number of carbonyl (C=O) groups excluding carboxylic acids is 1. The fourth-order valence-electron chi connectivity index (χ4n) is 4.09. The minimum absolute atomic E-state index is 0.0754. The summed E-state index contributed by atoms with van der Waals surface area (Å²) in [5.74, 6) is -0.650. The van der Waals surface area contributed by atoms with Crippen LogP contribution in [0.2, 0.25) is 5.02 Å². The number of aromatic nitrogens is 1. The number of hydrogen-bond acceptors (Lipinski definition) is 8. The van der Waals surface area contributed by atoms with E-state index < -0.39 is 18.1 Å². The van der Waals surface area contributed by atoms with Gasteiger partial charge in [0.05, 0.1) is 18.3 Å². The van der Waals surface area contributed by atoms with Gasteiger partial charge in [-0.3, -0.25) is 4.79 Å². The highest BCUT2D eigenvalue weighted by atomic mass is 35.5. The Hall–Kier alpha value is -2.43. The first-order chi connectivity index (χ1) is 16.3. The summed E-state index contributed by atoms with van der Waals surface area (Å²) >= 11 is 9.17. The number of halogens is 1. The second-order valence-electron chi connectivity index (χ2n) is 8.20. The Balaban J connectivity index is 1.31. The van der Waals surface area contributed by atoms with E-state index in [0.717, 1.165) is 38.9 Å². The van der Waals surface area contributed by atoms with Crippen molar-refractivity contribution in [3.8, 4) is 0 Å². The Bertz CT molecular complexity index is 1160. The van der Waals surface area contributed by atoms with E-state index >= 15 is 0 Å².